The molecule has 0 radical (unpaired) electrons. The number of carbonyl (C=O) groups excluding carboxylic acids is 1. The molecule has 140 valence electrons. The smallest absolute Gasteiger partial charge is 0.321 e. The summed E-state index contributed by atoms with van der Waals surface area (Å²) in [4.78, 5) is 34.5. The van der Waals surface area contributed by atoms with Crippen LogP contribution in [0.1, 0.15) is 23.5 Å². The number of hydrogen-bond donors (Lipinski definition) is 3. The first kappa shape index (κ1) is 18.6. The molecule has 0 saturated carbocycles. The number of hydrogen-bond acceptors (Lipinski definition) is 5. The van der Waals surface area contributed by atoms with Crippen LogP contribution in [0, 0.1) is 5.92 Å². The lowest BCUT2D eigenvalue weighted by Crippen LogP contribution is -2.43. The molecule has 3 rings (SSSR count). The molecule has 7 heteroatoms. The molecular formula is C20H19NO6. The molecule has 2 atom stereocenters. The van der Waals surface area contributed by atoms with Crippen LogP contribution in [-0.4, -0.2) is 40.8 Å². The minimum absolute atomic E-state index is 0.0452. The first-order chi connectivity index (χ1) is 12.9. The fourth-order valence-electron chi connectivity index (χ4n) is 3.47. The number of carboxylic acid groups (broad SMARTS) is 2. The summed E-state index contributed by atoms with van der Waals surface area (Å²) in [7, 11) is 0. The Morgan fingerprint density at radius 3 is 1.96 bits per heavy atom. The van der Waals surface area contributed by atoms with Gasteiger partial charge in [0.2, 0.25) is 0 Å². The third-order valence-electron chi connectivity index (χ3n) is 4.71. The predicted octanol–water partition coefficient (Wildman–Crippen LogP) is 1.84. The van der Waals surface area contributed by atoms with Crippen LogP contribution in [0.15, 0.2) is 48.5 Å². The largest absolute Gasteiger partial charge is 0.481 e. The van der Waals surface area contributed by atoms with Gasteiger partial charge in [-0.05, 0) is 22.3 Å². The highest BCUT2D eigenvalue weighted by Crippen LogP contribution is 2.44. The molecule has 0 aromatic heterocycles. The molecule has 0 aliphatic heterocycles. The van der Waals surface area contributed by atoms with Crippen LogP contribution in [-0.2, 0) is 19.1 Å². The Morgan fingerprint density at radius 2 is 1.48 bits per heavy atom. The van der Waals surface area contributed by atoms with Crippen molar-refractivity contribution in [1.29, 1.82) is 0 Å². The maximum Gasteiger partial charge on any atom is 0.321 e. The van der Waals surface area contributed by atoms with Crippen molar-refractivity contribution in [1.82, 2.24) is 0 Å². The van der Waals surface area contributed by atoms with Gasteiger partial charge in [-0.15, -0.1) is 0 Å². The second-order valence-electron chi connectivity index (χ2n) is 6.43. The zero-order chi connectivity index (χ0) is 19.6. The summed E-state index contributed by atoms with van der Waals surface area (Å²) in [5, 5.41) is 18.1. The van der Waals surface area contributed by atoms with Crippen molar-refractivity contribution in [2.24, 2.45) is 11.7 Å². The molecule has 1 aliphatic carbocycles. The molecule has 2 aromatic carbocycles. The normalized spacial score (nSPS) is 14.7. The Bertz CT molecular complexity index is 848. The molecule has 1 unspecified atom stereocenters. The molecule has 0 fully saturated rings. The molecule has 0 bridgehead atoms. The van der Waals surface area contributed by atoms with E-state index in [1.807, 2.05) is 48.5 Å². The third-order valence-corrected chi connectivity index (χ3v) is 4.71. The zero-order valence-electron chi connectivity index (χ0n) is 14.4. The summed E-state index contributed by atoms with van der Waals surface area (Å²) < 4.78 is 5.27. The van der Waals surface area contributed by atoms with Gasteiger partial charge in [0.15, 0.2) is 5.92 Å². The minimum Gasteiger partial charge on any atom is -0.481 e. The van der Waals surface area contributed by atoms with E-state index in [0.29, 0.717) is 0 Å². The van der Waals surface area contributed by atoms with Gasteiger partial charge in [-0.3, -0.25) is 14.4 Å². The topological polar surface area (TPSA) is 127 Å². The fraction of sp³-hybridized carbons (Fsp3) is 0.250. The highest BCUT2D eigenvalue weighted by Gasteiger charge is 2.37. The average Bonchev–Trinajstić information content (AvgIpc) is 2.93. The van der Waals surface area contributed by atoms with Gasteiger partial charge in [0.25, 0.3) is 0 Å². The summed E-state index contributed by atoms with van der Waals surface area (Å²) >= 11 is 0. The lowest BCUT2D eigenvalue weighted by molar-refractivity contribution is -0.160. The minimum atomic E-state index is -1.73. The molecule has 2 aromatic rings. The number of carbonyl (C=O) groups is 3. The van der Waals surface area contributed by atoms with E-state index in [1.165, 1.54) is 0 Å². The zero-order valence-corrected chi connectivity index (χ0v) is 14.4. The van der Waals surface area contributed by atoms with E-state index in [0.717, 1.165) is 22.3 Å². The Morgan fingerprint density at radius 1 is 0.963 bits per heavy atom. The van der Waals surface area contributed by atoms with Crippen molar-refractivity contribution in [2.75, 3.05) is 6.61 Å². The summed E-state index contributed by atoms with van der Waals surface area (Å²) in [6, 6.07) is 14.1. The van der Waals surface area contributed by atoms with Crippen molar-refractivity contribution in [3.05, 3.63) is 59.7 Å². The molecule has 1 aliphatic rings. The third kappa shape index (κ3) is 3.68. The van der Waals surface area contributed by atoms with Crippen molar-refractivity contribution >= 4 is 17.9 Å². The molecule has 4 N–H and O–H groups in total. The highest BCUT2D eigenvalue weighted by atomic mass is 16.5. The molecule has 0 saturated heterocycles. The SMILES string of the molecule is NC(CC(=O)O)[C@@H](C(=O)O)C(=O)OCC1c2ccccc2-c2ccccc21. The molecule has 27 heavy (non-hydrogen) atoms. The van der Waals surface area contributed by atoms with Crippen molar-refractivity contribution in [2.45, 2.75) is 18.4 Å². The number of nitrogens with two attached hydrogens (primary N) is 1. The lowest BCUT2D eigenvalue weighted by Gasteiger charge is -2.19. The van der Waals surface area contributed by atoms with Gasteiger partial charge in [-0.2, -0.15) is 0 Å². The number of fused-ring (bicyclic) bond motifs is 3. The van der Waals surface area contributed by atoms with Gasteiger partial charge in [0, 0.05) is 12.0 Å². The van der Waals surface area contributed by atoms with Crippen LogP contribution in [0.3, 0.4) is 0 Å². The maximum atomic E-state index is 12.3. The standard InChI is InChI=1S/C20H19NO6/c21-16(9-17(22)23)18(19(24)25)20(26)27-10-15-13-7-3-1-5-11(13)12-6-2-4-8-14(12)15/h1-8,15-16,18H,9-10,21H2,(H,22,23)(H,24,25)/t16?,18-/m0/s1. The summed E-state index contributed by atoms with van der Waals surface area (Å²) in [6.45, 7) is -0.0452. The maximum absolute atomic E-state index is 12.3. The average molecular weight is 369 g/mol. The number of benzene rings is 2. The summed E-state index contributed by atoms with van der Waals surface area (Å²) in [6.07, 6.45) is -0.638. The van der Waals surface area contributed by atoms with E-state index in [1.54, 1.807) is 0 Å². The van der Waals surface area contributed by atoms with Crippen molar-refractivity contribution in [3.8, 4) is 11.1 Å². The van der Waals surface area contributed by atoms with Crippen LogP contribution >= 0.6 is 0 Å². The van der Waals surface area contributed by atoms with E-state index in [4.69, 9.17) is 15.6 Å². The first-order valence-electron chi connectivity index (χ1n) is 8.45. The first-order valence-corrected chi connectivity index (χ1v) is 8.45. The number of carboxylic acids is 2. The number of esters is 1. The number of ether oxygens (including phenoxy) is 1. The Labute approximate surface area is 155 Å². The van der Waals surface area contributed by atoms with Crippen molar-refractivity contribution in [3.63, 3.8) is 0 Å². The van der Waals surface area contributed by atoms with Gasteiger partial charge in [-0.1, -0.05) is 48.5 Å². The van der Waals surface area contributed by atoms with E-state index in [-0.39, 0.29) is 12.5 Å². The van der Waals surface area contributed by atoms with Crippen LogP contribution in [0.5, 0.6) is 0 Å². The molecule has 0 amide bonds. The predicted molar refractivity (Wildman–Crippen MR) is 96.0 cm³/mol. The second-order valence-corrected chi connectivity index (χ2v) is 6.43. The molecule has 0 spiro atoms. The summed E-state index contributed by atoms with van der Waals surface area (Å²) in [5.74, 6) is -5.75. The Hall–Kier alpha value is -3.19. The van der Waals surface area contributed by atoms with Gasteiger partial charge in [0.05, 0.1) is 6.42 Å². The fourth-order valence-corrected chi connectivity index (χ4v) is 3.47. The van der Waals surface area contributed by atoms with Gasteiger partial charge in [-0.25, -0.2) is 0 Å². The van der Waals surface area contributed by atoms with Crippen LogP contribution in [0.4, 0.5) is 0 Å². The molecule has 0 heterocycles. The van der Waals surface area contributed by atoms with Gasteiger partial charge < -0.3 is 20.7 Å². The van der Waals surface area contributed by atoms with Crippen LogP contribution in [0.25, 0.3) is 11.1 Å². The van der Waals surface area contributed by atoms with E-state index < -0.39 is 36.3 Å². The number of rotatable bonds is 7. The van der Waals surface area contributed by atoms with E-state index in [2.05, 4.69) is 0 Å². The quantitative estimate of drug-likeness (QED) is 0.502. The van der Waals surface area contributed by atoms with Gasteiger partial charge >= 0.3 is 17.9 Å². The molecule has 7 nitrogen and oxygen atoms in total. The Balaban J connectivity index is 1.79. The molecular weight excluding hydrogens is 350 g/mol. The highest BCUT2D eigenvalue weighted by molar-refractivity contribution is 5.95. The Kier molecular flexibility index (Phi) is 5.23. The lowest BCUT2D eigenvalue weighted by atomic mass is 9.96. The van der Waals surface area contributed by atoms with E-state index in [9.17, 15) is 19.5 Å². The van der Waals surface area contributed by atoms with E-state index >= 15 is 0 Å². The van der Waals surface area contributed by atoms with Crippen LogP contribution in [0.2, 0.25) is 0 Å². The monoisotopic (exact) mass is 369 g/mol. The second kappa shape index (κ2) is 7.59. The summed E-state index contributed by atoms with van der Waals surface area (Å²) in [5.41, 5.74) is 9.68. The van der Waals surface area contributed by atoms with Crippen LogP contribution < -0.4 is 5.73 Å². The number of aliphatic carboxylic acids is 2. The van der Waals surface area contributed by atoms with Gasteiger partial charge in [0.1, 0.15) is 6.61 Å². The van der Waals surface area contributed by atoms with Crippen molar-refractivity contribution < 1.29 is 29.3 Å².